The Morgan fingerprint density at radius 2 is 1.77 bits per heavy atom. The van der Waals surface area contributed by atoms with Crippen LogP contribution in [0.5, 0.6) is 5.75 Å². The Morgan fingerprint density at radius 3 is 2.43 bits per heavy atom. The quantitative estimate of drug-likeness (QED) is 0.348. The maximum absolute atomic E-state index is 13.6. The summed E-state index contributed by atoms with van der Waals surface area (Å²) in [7, 11) is -5.84. The molecule has 0 amide bonds. The molecule has 2 bridgehead atoms. The minimum atomic E-state index is -3.88. The number of hydrogen-bond donors (Lipinski definition) is 0. The van der Waals surface area contributed by atoms with Crippen molar-refractivity contribution >= 4 is 37.0 Å². The molecule has 2 aliphatic carbocycles. The van der Waals surface area contributed by atoms with Gasteiger partial charge in [0.25, 0.3) is 10.1 Å². The summed E-state index contributed by atoms with van der Waals surface area (Å²) in [5.74, 6) is 2.59. The third-order valence-electron chi connectivity index (χ3n) is 8.97. The van der Waals surface area contributed by atoms with Crippen molar-refractivity contribution in [1.29, 1.82) is 0 Å². The number of fused-ring (bicyclic) bond motifs is 3. The lowest BCUT2D eigenvalue weighted by Gasteiger charge is -2.39. The van der Waals surface area contributed by atoms with Gasteiger partial charge < -0.3 is 4.74 Å². The first kappa shape index (κ1) is 25.1. The van der Waals surface area contributed by atoms with Gasteiger partial charge in [-0.1, -0.05) is 49.6 Å². The molecule has 2 aromatic carbocycles. The van der Waals surface area contributed by atoms with Crippen molar-refractivity contribution in [2.75, 3.05) is 23.9 Å². The predicted molar refractivity (Wildman–Crippen MR) is 143 cm³/mol. The maximum Gasteiger partial charge on any atom is 0.277 e. The van der Waals surface area contributed by atoms with Crippen molar-refractivity contribution < 1.29 is 21.6 Å². The topological polar surface area (TPSA) is 69.7 Å². The lowest BCUT2D eigenvalue weighted by atomic mass is 9.70. The molecule has 1 saturated heterocycles. The molecule has 3 fully saturated rings. The molecule has 5 rings (SSSR count). The second kappa shape index (κ2) is 9.07. The zero-order chi connectivity index (χ0) is 24.9. The van der Waals surface area contributed by atoms with Gasteiger partial charge in [-0.05, 0) is 78.5 Å². The Bertz CT molecular complexity index is 1230. The zero-order valence-electron chi connectivity index (χ0n) is 21.2. The van der Waals surface area contributed by atoms with E-state index in [9.17, 15) is 13.2 Å². The second-order valence-electron chi connectivity index (χ2n) is 11.2. The van der Waals surface area contributed by atoms with Gasteiger partial charge in [-0.15, -0.1) is 0 Å². The average molecular weight is 519 g/mol. The third kappa shape index (κ3) is 4.31. The van der Waals surface area contributed by atoms with Gasteiger partial charge in [0, 0.05) is 22.8 Å². The molecular formula is C28H38O5S2. The van der Waals surface area contributed by atoms with Crippen LogP contribution in [0.1, 0.15) is 65.7 Å². The molecule has 1 aliphatic heterocycles. The van der Waals surface area contributed by atoms with Crippen LogP contribution < -0.4 is 4.74 Å². The number of rotatable bonds is 9. The highest BCUT2D eigenvalue weighted by molar-refractivity contribution is 8.33. The number of carbonyl (C=O) groups is 1. The van der Waals surface area contributed by atoms with Crippen LogP contribution in [0, 0.1) is 16.7 Å². The van der Waals surface area contributed by atoms with Crippen molar-refractivity contribution in [3.63, 3.8) is 0 Å². The van der Waals surface area contributed by atoms with Gasteiger partial charge in [0.2, 0.25) is 0 Å². The molecule has 2 saturated carbocycles. The Morgan fingerprint density at radius 1 is 1.06 bits per heavy atom. The molecule has 0 spiro atoms. The summed E-state index contributed by atoms with van der Waals surface area (Å²) in [6, 6.07) is 12.3. The Hall–Kier alpha value is -1.57. The van der Waals surface area contributed by atoms with Crippen LogP contribution in [0.4, 0.5) is 0 Å². The number of Topliss-reactive ketones (excluding diaryl/α,β-unsaturated/α-hetero) is 1. The number of carbonyl (C=O) groups excluding carboxylic acids is 1. The van der Waals surface area contributed by atoms with Crippen molar-refractivity contribution in [2.24, 2.45) is 16.7 Å². The highest BCUT2D eigenvalue weighted by Crippen LogP contribution is 2.66. The molecule has 1 heterocycles. The van der Waals surface area contributed by atoms with E-state index in [1.807, 2.05) is 24.3 Å². The van der Waals surface area contributed by atoms with Crippen LogP contribution in [-0.4, -0.2) is 38.1 Å². The molecule has 35 heavy (non-hydrogen) atoms. The third-order valence-corrected chi connectivity index (χ3v) is 14.7. The van der Waals surface area contributed by atoms with Crippen LogP contribution >= 0.6 is 10.3 Å². The summed E-state index contributed by atoms with van der Waals surface area (Å²) < 4.78 is 39.3. The second-order valence-corrected chi connectivity index (χ2v) is 16.1. The minimum Gasteiger partial charge on any atom is -0.494 e. The number of unbranched alkanes of at least 4 members (excludes halogenated alkanes) is 1. The van der Waals surface area contributed by atoms with Gasteiger partial charge in [-0.2, -0.15) is 8.42 Å². The van der Waals surface area contributed by atoms with Crippen LogP contribution in [0.25, 0.3) is 10.8 Å². The minimum absolute atomic E-state index is 0.115. The highest BCUT2D eigenvalue weighted by Gasteiger charge is 2.65. The molecular weight excluding hydrogens is 480 g/mol. The average Bonchev–Trinajstić information content (AvgIpc) is 3.42. The van der Waals surface area contributed by atoms with E-state index in [1.165, 1.54) is 0 Å². The predicted octanol–water partition coefficient (Wildman–Crippen LogP) is 6.63. The van der Waals surface area contributed by atoms with Gasteiger partial charge in [0.05, 0.1) is 17.8 Å². The molecule has 2 aromatic rings. The van der Waals surface area contributed by atoms with E-state index in [0.717, 1.165) is 65.0 Å². The SMILES string of the molecule is CCCCOc1ccc2cc(S3(OS(=O)(=O)CC45CCC(CC4=O)C5(C)C)CCCC3)ccc2c1. The van der Waals surface area contributed by atoms with Gasteiger partial charge in [-0.3, -0.25) is 4.79 Å². The van der Waals surface area contributed by atoms with Crippen LogP contribution in [-0.2, 0) is 18.5 Å². The lowest BCUT2D eigenvalue weighted by molar-refractivity contribution is -0.128. The molecule has 0 radical (unpaired) electrons. The molecule has 0 aromatic heterocycles. The molecule has 2 unspecified atom stereocenters. The smallest absolute Gasteiger partial charge is 0.277 e. The first-order valence-corrected chi connectivity index (χ1v) is 16.5. The van der Waals surface area contributed by atoms with E-state index in [1.54, 1.807) is 0 Å². The molecule has 7 heteroatoms. The summed E-state index contributed by atoms with van der Waals surface area (Å²) in [5.41, 5.74) is -1.09. The van der Waals surface area contributed by atoms with Gasteiger partial charge in [-0.25, -0.2) is 3.63 Å². The van der Waals surface area contributed by atoms with Gasteiger partial charge >= 0.3 is 0 Å². The summed E-state index contributed by atoms with van der Waals surface area (Å²) in [6.07, 6.45) is 6.15. The van der Waals surface area contributed by atoms with E-state index in [2.05, 4.69) is 32.9 Å². The molecule has 2 atom stereocenters. The summed E-state index contributed by atoms with van der Waals surface area (Å²) in [5, 5.41) is 2.14. The Balaban J connectivity index is 1.41. The van der Waals surface area contributed by atoms with Gasteiger partial charge in [0.1, 0.15) is 11.5 Å². The van der Waals surface area contributed by atoms with Crippen molar-refractivity contribution in [2.45, 2.75) is 70.6 Å². The fourth-order valence-electron chi connectivity index (χ4n) is 6.61. The summed E-state index contributed by atoms with van der Waals surface area (Å²) >= 11 is 0. The fraction of sp³-hybridized carbons (Fsp3) is 0.607. The standard InChI is InChI=1S/C28H38O5S2/c1-4-5-14-32-24-10-8-22-18-25(11-9-21(22)17-24)34(15-6-7-16-34)33-35(30,31)20-28-13-12-23(19-26(28)29)27(28,2)3/h8-11,17-18,23H,4-7,12-16,19-20H2,1-3H3. The molecule has 0 N–H and O–H groups in total. The number of ether oxygens (including phenoxy) is 1. The first-order chi connectivity index (χ1) is 16.6. The molecule has 192 valence electrons. The van der Waals surface area contributed by atoms with Crippen LogP contribution in [0.2, 0.25) is 0 Å². The first-order valence-electron chi connectivity index (χ1n) is 13.0. The van der Waals surface area contributed by atoms with Crippen molar-refractivity contribution in [1.82, 2.24) is 0 Å². The van der Waals surface area contributed by atoms with E-state index >= 15 is 0 Å². The van der Waals surface area contributed by atoms with E-state index in [-0.39, 0.29) is 22.9 Å². The summed E-state index contributed by atoms with van der Waals surface area (Å²) in [6.45, 7) is 7.01. The number of hydrogen-bond acceptors (Lipinski definition) is 5. The van der Waals surface area contributed by atoms with Gasteiger partial charge in [0.15, 0.2) is 0 Å². The molecule has 3 aliphatic rings. The zero-order valence-corrected chi connectivity index (χ0v) is 22.8. The maximum atomic E-state index is 13.6. The van der Waals surface area contributed by atoms with Crippen molar-refractivity contribution in [3.8, 4) is 5.75 Å². The lowest BCUT2D eigenvalue weighted by Crippen LogP contribution is -2.42. The van der Waals surface area contributed by atoms with E-state index in [0.29, 0.717) is 19.4 Å². The number of benzene rings is 2. The van der Waals surface area contributed by atoms with E-state index in [4.69, 9.17) is 8.37 Å². The largest absolute Gasteiger partial charge is 0.494 e. The van der Waals surface area contributed by atoms with Crippen LogP contribution in [0.15, 0.2) is 41.3 Å². The summed E-state index contributed by atoms with van der Waals surface area (Å²) in [4.78, 5) is 14.0. The highest BCUT2D eigenvalue weighted by atomic mass is 32.3. The number of ketones is 1. The monoisotopic (exact) mass is 518 g/mol. The van der Waals surface area contributed by atoms with Crippen LogP contribution in [0.3, 0.4) is 0 Å². The van der Waals surface area contributed by atoms with E-state index < -0.39 is 25.8 Å². The normalized spacial score (nSPS) is 28.0. The fourth-order valence-corrected chi connectivity index (χ4v) is 13.2. The van der Waals surface area contributed by atoms with Crippen molar-refractivity contribution in [3.05, 3.63) is 36.4 Å². The molecule has 5 nitrogen and oxygen atoms in total. The Kier molecular flexibility index (Phi) is 6.50. The Labute approximate surface area is 211 Å².